The summed E-state index contributed by atoms with van der Waals surface area (Å²) in [6.07, 6.45) is 6.43. The molecule has 22 heavy (non-hydrogen) atoms. The first kappa shape index (κ1) is 16.8. The first-order valence-corrected chi connectivity index (χ1v) is 8.38. The van der Waals surface area contributed by atoms with E-state index < -0.39 is 0 Å². The van der Waals surface area contributed by atoms with Gasteiger partial charge in [0.15, 0.2) is 0 Å². The van der Waals surface area contributed by atoms with E-state index in [2.05, 4.69) is 18.3 Å². The van der Waals surface area contributed by atoms with Gasteiger partial charge in [0, 0.05) is 18.5 Å². The van der Waals surface area contributed by atoms with Gasteiger partial charge in [-0.05, 0) is 63.1 Å². The number of unbranched alkanes of at least 4 members (excludes halogenated alkanes) is 1. The van der Waals surface area contributed by atoms with Gasteiger partial charge in [0.25, 0.3) is 0 Å². The number of aryl methyl sites for hydroxylation is 1. The summed E-state index contributed by atoms with van der Waals surface area (Å²) in [6.45, 7) is 2.71. The Morgan fingerprint density at radius 3 is 2.77 bits per heavy atom. The third-order valence-electron chi connectivity index (χ3n) is 4.19. The highest BCUT2D eigenvalue weighted by atomic mass is 16.5. The van der Waals surface area contributed by atoms with E-state index >= 15 is 0 Å². The number of nitrogens with one attached hydrogen (secondary N) is 1. The molecule has 0 unspecified atom stereocenters. The molecule has 1 saturated carbocycles. The van der Waals surface area contributed by atoms with E-state index in [-0.39, 0.29) is 5.91 Å². The van der Waals surface area contributed by atoms with Crippen molar-refractivity contribution >= 4 is 5.91 Å². The minimum atomic E-state index is 0.163. The third kappa shape index (κ3) is 6.06. The maximum atomic E-state index is 11.9. The molecule has 0 heterocycles. The summed E-state index contributed by atoms with van der Waals surface area (Å²) in [4.78, 5) is 11.9. The van der Waals surface area contributed by atoms with Crippen LogP contribution in [0.3, 0.4) is 0 Å². The van der Waals surface area contributed by atoms with Crippen LogP contribution in [0.25, 0.3) is 0 Å². The normalized spacial score (nSPS) is 21.4. The fourth-order valence-electron chi connectivity index (χ4n) is 2.85. The monoisotopic (exact) mass is 304 g/mol. The standard InChI is InChI=1S/C18H28N2O2/c1-14-5-4-6-17(13-14)22-12-3-2-7-18(21)20-16-10-8-15(19)9-11-16/h4-6,13,15-16H,2-3,7-12,19H2,1H3,(H,20,21). The molecule has 0 aromatic heterocycles. The molecule has 0 bridgehead atoms. The molecule has 1 amide bonds. The van der Waals surface area contributed by atoms with Crippen LogP contribution < -0.4 is 15.8 Å². The smallest absolute Gasteiger partial charge is 0.220 e. The summed E-state index contributed by atoms with van der Waals surface area (Å²) in [5.41, 5.74) is 7.07. The lowest BCUT2D eigenvalue weighted by molar-refractivity contribution is -0.122. The zero-order valence-electron chi connectivity index (χ0n) is 13.5. The number of hydrogen-bond acceptors (Lipinski definition) is 3. The number of carbonyl (C=O) groups is 1. The lowest BCUT2D eigenvalue weighted by Gasteiger charge is -2.26. The molecule has 3 N–H and O–H groups in total. The number of nitrogens with two attached hydrogens (primary N) is 1. The molecule has 0 spiro atoms. The molecule has 1 aromatic carbocycles. The highest BCUT2D eigenvalue weighted by molar-refractivity contribution is 5.76. The molecule has 1 aliphatic rings. The van der Waals surface area contributed by atoms with Gasteiger partial charge < -0.3 is 15.8 Å². The predicted octanol–water partition coefficient (Wildman–Crippen LogP) is 2.93. The van der Waals surface area contributed by atoms with Gasteiger partial charge in [-0.25, -0.2) is 0 Å². The molecule has 4 nitrogen and oxygen atoms in total. The van der Waals surface area contributed by atoms with Gasteiger partial charge in [0.2, 0.25) is 5.91 Å². The Morgan fingerprint density at radius 1 is 1.27 bits per heavy atom. The van der Waals surface area contributed by atoms with Crippen LogP contribution in [-0.2, 0) is 4.79 Å². The van der Waals surface area contributed by atoms with Crippen LogP contribution in [0.2, 0.25) is 0 Å². The van der Waals surface area contributed by atoms with Crippen molar-refractivity contribution in [3.63, 3.8) is 0 Å². The summed E-state index contributed by atoms with van der Waals surface area (Å²) in [5.74, 6) is 1.07. The number of amides is 1. The molecule has 0 aliphatic heterocycles. The first-order valence-electron chi connectivity index (χ1n) is 8.38. The predicted molar refractivity (Wildman–Crippen MR) is 88.9 cm³/mol. The number of hydrogen-bond donors (Lipinski definition) is 2. The first-order chi connectivity index (χ1) is 10.6. The van der Waals surface area contributed by atoms with Crippen LogP contribution in [-0.4, -0.2) is 24.6 Å². The van der Waals surface area contributed by atoms with E-state index in [1.165, 1.54) is 5.56 Å². The molecule has 4 heteroatoms. The van der Waals surface area contributed by atoms with E-state index in [1.54, 1.807) is 0 Å². The maximum Gasteiger partial charge on any atom is 0.220 e. The fourth-order valence-corrected chi connectivity index (χ4v) is 2.85. The Hall–Kier alpha value is -1.55. The molecule has 1 aromatic rings. The Kier molecular flexibility index (Phi) is 6.72. The van der Waals surface area contributed by atoms with Crippen molar-refractivity contribution in [3.8, 4) is 5.75 Å². The summed E-state index contributed by atoms with van der Waals surface area (Å²) >= 11 is 0. The van der Waals surface area contributed by atoms with Gasteiger partial charge in [-0.3, -0.25) is 4.79 Å². The van der Waals surface area contributed by atoms with Crippen LogP contribution in [0, 0.1) is 6.92 Å². The summed E-state index contributed by atoms with van der Waals surface area (Å²) in [6, 6.07) is 8.69. The average Bonchev–Trinajstić information content (AvgIpc) is 2.49. The van der Waals surface area contributed by atoms with Crippen LogP contribution in [0.5, 0.6) is 5.75 Å². The van der Waals surface area contributed by atoms with Gasteiger partial charge in [0.1, 0.15) is 5.75 Å². The fraction of sp³-hybridized carbons (Fsp3) is 0.611. The SMILES string of the molecule is Cc1cccc(OCCCCC(=O)NC2CCC(N)CC2)c1. The maximum absolute atomic E-state index is 11.9. The number of ether oxygens (including phenoxy) is 1. The molecular formula is C18H28N2O2. The minimum absolute atomic E-state index is 0.163. The average molecular weight is 304 g/mol. The summed E-state index contributed by atoms with van der Waals surface area (Å²) in [7, 11) is 0. The Balaban J connectivity index is 1.54. The van der Waals surface area contributed by atoms with Crippen molar-refractivity contribution < 1.29 is 9.53 Å². The largest absolute Gasteiger partial charge is 0.494 e. The second-order valence-electron chi connectivity index (χ2n) is 6.30. The summed E-state index contributed by atoms with van der Waals surface area (Å²) in [5, 5.41) is 3.12. The van der Waals surface area contributed by atoms with Gasteiger partial charge in [-0.15, -0.1) is 0 Å². The summed E-state index contributed by atoms with van der Waals surface area (Å²) < 4.78 is 5.68. The van der Waals surface area contributed by atoms with Crippen molar-refractivity contribution in [2.24, 2.45) is 5.73 Å². The minimum Gasteiger partial charge on any atom is -0.494 e. The topological polar surface area (TPSA) is 64.3 Å². The molecule has 1 aliphatic carbocycles. The van der Waals surface area contributed by atoms with Crippen LogP contribution in [0.4, 0.5) is 0 Å². The van der Waals surface area contributed by atoms with Crippen molar-refractivity contribution in [1.82, 2.24) is 5.32 Å². The third-order valence-corrected chi connectivity index (χ3v) is 4.19. The van der Waals surface area contributed by atoms with Gasteiger partial charge in [-0.2, -0.15) is 0 Å². The Labute approximate surface area is 133 Å². The van der Waals surface area contributed by atoms with Crippen molar-refractivity contribution in [3.05, 3.63) is 29.8 Å². The molecule has 122 valence electrons. The van der Waals surface area contributed by atoms with E-state index in [4.69, 9.17) is 10.5 Å². The van der Waals surface area contributed by atoms with E-state index in [0.29, 0.717) is 25.1 Å². The number of carbonyl (C=O) groups excluding carboxylic acids is 1. The molecule has 0 atom stereocenters. The molecule has 0 saturated heterocycles. The zero-order valence-corrected chi connectivity index (χ0v) is 13.5. The lowest BCUT2D eigenvalue weighted by Crippen LogP contribution is -2.40. The highest BCUT2D eigenvalue weighted by Gasteiger charge is 2.19. The van der Waals surface area contributed by atoms with Crippen molar-refractivity contribution in [2.75, 3.05) is 6.61 Å². The second-order valence-corrected chi connectivity index (χ2v) is 6.30. The van der Waals surface area contributed by atoms with Gasteiger partial charge >= 0.3 is 0 Å². The Morgan fingerprint density at radius 2 is 2.05 bits per heavy atom. The van der Waals surface area contributed by atoms with Gasteiger partial charge in [-0.1, -0.05) is 12.1 Å². The highest BCUT2D eigenvalue weighted by Crippen LogP contribution is 2.17. The quantitative estimate of drug-likeness (QED) is 0.761. The molecule has 1 fully saturated rings. The molecular weight excluding hydrogens is 276 g/mol. The Bertz CT molecular complexity index is 468. The van der Waals surface area contributed by atoms with Crippen molar-refractivity contribution in [1.29, 1.82) is 0 Å². The zero-order chi connectivity index (χ0) is 15.8. The lowest BCUT2D eigenvalue weighted by atomic mass is 9.92. The number of benzene rings is 1. The van der Waals surface area contributed by atoms with Crippen LogP contribution in [0.15, 0.2) is 24.3 Å². The van der Waals surface area contributed by atoms with Crippen LogP contribution >= 0.6 is 0 Å². The van der Waals surface area contributed by atoms with E-state index in [0.717, 1.165) is 44.3 Å². The number of rotatable bonds is 7. The molecule has 0 radical (unpaired) electrons. The van der Waals surface area contributed by atoms with E-state index in [1.807, 2.05) is 18.2 Å². The van der Waals surface area contributed by atoms with Crippen molar-refractivity contribution in [2.45, 2.75) is 64.0 Å². The second kappa shape index (κ2) is 8.79. The molecule has 2 rings (SSSR count). The van der Waals surface area contributed by atoms with E-state index in [9.17, 15) is 4.79 Å². The van der Waals surface area contributed by atoms with Crippen LogP contribution in [0.1, 0.15) is 50.5 Å². The van der Waals surface area contributed by atoms with Gasteiger partial charge in [0.05, 0.1) is 6.61 Å².